The molecule has 0 radical (unpaired) electrons. The highest BCUT2D eigenvalue weighted by Crippen LogP contribution is 2.23. The zero-order valence-corrected chi connectivity index (χ0v) is 15.0. The zero-order chi connectivity index (χ0) is 15.7. The van der Waals surface area contributed by atoms with E-state index in [1.165, 1.54) is 0 Å². The summed E-state index contributed by atoms with van der Waals surface area (Å²) in [4.78, 5) is 0. The normalized spacial score (nSPS) is 11.7. The van der Waals surface area contributed by atoms with Crippen LogP contribution in [-0.4, -0.2) is 39.1 Å². The second-order valence-corrected chi connectivity index (χ2v) is 6.72. The van der Waals surface area contributed by atoms with Crippen LogP contribution in [0, 0.1) is 0 Å². The average Bonchev–Trinajstić information content (AvgIpc) is 2.41. The molecule has 0 spiro atoms. The number of nitrogens with one attached hydrogen (secondary N) is 1. The van der Waals surface area contributed by atoms with Gasteiger partial charge in [-0.1, -0.05) is 15.9 Å². The molecule has 0 unspecified atom stereocenters. The van der Waals surface area contributed by atoms with Crippen LogP contribution >= 0.6 is 15.9 Å². The summed E-state index contributed by atoms with van der Waals surface area (Å²) in [5.41, 5.74) is 1.21. The molecule has 0 aliphatic heterocycles. The van der Waals surface area contributed by atoms with E-state index in [4.69, 9.17) is 14.2 Å². The second-order valence-electron chi connectivity index (χ2n) is 5.81. The van der Waals surface area contributed by atoms with Crippen molar-refractivity contribution in [3.05, 3.63) is 28.2 Å². The molecule has 0 saturated heterocycles. The summed E-state index contributed by atoms with van der Waals surface area (Å²) >= 11 is 3.51. The monoisotopic (exact) mass is 359 g/mol. The lowest BCUT2D eigenvalue weighted by Crippen LogP contribution is -2.35. The SMILES string of the molecule is COCCOCCOc1ccc(Br)cc1CNC(C)(C)C. The maximum Gasteiger partial charge on any atom is 0.123 e. The molecule has 0 fully saturated rings. The van der Waals surface area contributed by atoms with E-state index in [0.717, 1.165) is 22.3 Å². The average molecular weight is 360 g/mol. The second kappa shape index (κ2) is 9.41. The van der Waals surface area contributed by atoms with Gasteiger partial charge in [0.1, 0.15) is 12.4 Å². The fourth-order valence-corrected chi connectivity index (χ4v) is 2.05. The molecular weight excluding hydrogens is 334 g/mol. The molecule has 4 nitrogen and oxygen atoms in total. The first-order valence-electron chi connectivity index (χ1n) is 7.15. The molecule has 0 heterocycles. The van der Waals surface area contributed by atoms with Crippen LogP contribution in [0.1, 0.15) is 26.3 Å². The molecule has 0 aliphatic rings. The van der Waals surface area contributed by atoms with Crippen molar-refractivity contribution in [1.29, 1.82) is 0 Å². The Bertz CT molecular complexity index is 418. The predicted molar refractivity (Wildman–Crippen MR) is 88.9 cm³/mol. The van der Waals surface area contributed by atoms with Gasteiger partial charge < -0.3 is 19.5 Å². The number of benzene rings is 1. The third-order valence-electron chi connectivity index (χ3n) is 2.75. The van der Waals surface area contributed by atoms with Crippen molar-refractivity contribution in [3.63, 3.8) is 0 Å². The highest BCUT2D eigenvalue weighted by molar-refractivity contribution is 9.10. The highest BCUT2D eigenvalue weighted by atomic mass is 79.9. The summed E-state index contributed by atoms with van der Waals surface area (Å²) in [6.45, 7) is 9.51. The molecule has 0 amide bonds. The lowest BCUT2D eigenvalue weighted by molar-refractivity contribution is 0.0542. The van der Waals surface area contributed by atoms with Crippen molar-refractivity contribution in [2.24, 2.45) is 0 Å². The quantitative estimate of drug-likeness (QED) is 0.686. The van der Waals surface area contributed by atoms with Crippen molar-refractivity contribution < 1.29 is 14.2 Å². The van der Waals surface area contributed by atoms with Crippen molar-refractivity contribution in [2.45, 2.75) is 32.9 Å². The molecule has 120 valence electrons. The molecule has 1 aromatic carbocycles. The Hall–Kier alpha value is -0.620. The van der Waals surface area contributed by atoms with E-state index in [0.29, 0.717) is 26.4 Å². The smallest absolute Gasteiger partial charge is 0.123 e. The summed E-state index contributed by atoms with van der Waals surface area (Å²) in [6.07, 6.45) is 0. The predicted octanol–water partition coefficient (Wildman–Crippen LogP) is 3.38. The minimum atomic E-state index is 0.0723. The van der Waals surface area contributed by atoms with Gasteiger partial charge in [-0.2, -0.15) is 0 Å². The number of rotatable bonds is 9. The van der Waals surface area contributed by atoms with Gasteiger partial charge in [0.25, 0.3) is 0 Å². The Kier molecular flexibility index (Phi) is 8.26. The van der Waals surface area contributed by atoms with Crippen LogP contribution in [0.5, 0.6) is 5.75 Å². The van der Waals surface area contributed by atoms with Crippen molar-refractivity contribution in [3.8, 4) is 5.75 Å². The molecule has 5 heteroatoms. The summed E-state index contributed by atoms with van der Waals surface area (Å²) in [5.74, 6) is 0.894. The first-order valence-corrected chi connectivity index (χ1v) is 7.94. The van der Waals surface area contributed by atoms with Gasteiger partial charge in [0, 0.05) is 29.2 Å². The molecule has 21 heavy (non-hydrogen) atoms. The van der Waals surface area contributed by atoms with Crippen LogP contribution in [0.2, 0.25) is 0 Å². The van der Waals surface area contributed by atoms with E-state index in [1.807, 2.05) is 12.1 Å². The maximum absolute atomic E-state index is 5.81. The van der Waals surface area contributed by atoms with Gasteiger partial charge in [-0.05, 0) is 39.0 Å². The Labute approximate surface area is 136 Å². The lowest BCUT2D eigenvalue weighted by atomic mass is 10.1. The molecule has 1 aromatic rings. The summed E-state index contributed by atoms with van der Waals surface area (Å²) in [5, 5.41) is 3.48. The standard InChI is InChI=1S/C16H26BrNO3/c1-16(2,3)18-12-13-11-14(17)5-6-15(13)21-10-9-20-8-7-19-4/h5-6,11,18H,7-10,12H2,1-4H3. The van der Waals surface area contributed by atoms with Gasteiger partial charge in [0.2, 0.25) is 0 Å². The third-order valence-corrected chi connectivity index (χ3v) is 3.24. The maximum atomic E-state index is 5.81. The topological polar surface area (TPSA) is 39.7 Å². The number of hydrogen-bond acceptors (Lipinski definition) is 4. The fourth-order valence-electron chi connectivity index (χ4n) is 1.64. The van der Waals surface area contributed by atoms with Crippen molar-refractivity contribution in [1.82, 2.24) is 5.32 Å². The van der Waals surface area contributed by atoms with Crippen LogP contribution in [0.3, 0.4) is 0 Å². The van der Waals surface area contributed by atoms with Crippen molar-refractivity contribution in [2.75, 3.05) is 33.5 Å². The van der Waals surface area contributed by atoms with Gasteiger partial charge in [-0.15, -0.1) is 0 Å². The molecule has 0 bridgehead atoms. The Morgan fingerprint density at radius 1 is 1.10 bits per heavy atom. The van der Waals surface area contributed by atoms with E-state index in [9.17, 15) is 0 Å². The molecule has 1 rings (SSSR count). The summed E-state index contributed by atoms with van der Waals surface area (Å²) in [6, 6.07) is 6.06. The van der Waals surface area contributed by atoms with Gasteiger partial charge in [0.15, 0.2) is 0 Å². The summed E-state index contributed by atoms with van der Waals surface area (Å²) in [7, 11) is 1.66. The van der Waals surface area contributed by atoms with E-state index in [2.05, 4.69) is 48.1 Å². The molecule has 0 aromatic heterocycles. The number of halogens is 1. The molecule has 1 N–H and O–H groups in total. The Balaban J connectivity index is 2.48. The van der Waals surface area contributed by atoms with Gasteiger partial charge in [0.05, 0.1) is 19.8 Å². The summed E-state index contributed by atoms with van der Waals surface area (Å²) < 4.78 is 17.2. The zero-order valence-electron chi connectivity index (χ0n) is 13.4. The van der Waals surface area contributed by atoms with Crippen LogP contribution in [0.15, 0.2) is 22.7 Å². The molecule has 0 aliphatic carbocycles. The van der Waals surface area contributed by atoms with Crippen molar-refractivity contribution >= 4 is 15.9 Å². The van der Waals surface area contributed by atoms with Crippen LogP contribution in [0.4, 0.5) is 0 Å². The third kappa shape index (κ3) is 8.41. The van der Waals surface area contributed by atoms with Crippen LogP contribution < -0.4 is 10.1 Å². The van der Waals surface area contributed by atoms with E-state index >= 15 is 0 Å². The molecule has 0 saturated carbocycles. The number of ether oxygens (including phenoxy) is 3. The van der Waals surface area contributed by atoms with E-state index in [1.54, 1.807) is 7.11 Å². The number of methoxy groups -OCH3 is 1. The Morgan fingerprint density at radius 2 is 1.81 bits per heavy atom. The fraction of sp³-hybridized carbons (Fsp3) is 0.625. The minimum Gasteiger partial charge on any atom is -0.491 e. The molecule has 0 atom stereocenters. The largest absolute Gasteiger partial charge is 0.491 e. The first-order chi connectivity index (χ1) is 9.92. The van der Waals surface area contributed by atoms with E-state index in [-0.39, 0.29) is 5.54 Å². The van der Waals surface area contributed by atoms with Crippen LogP contribution in [0.25, 0.3) is 0 Å². The van der Waals surface area contributed by atoms with Gasteiger partial charge in [-0.3, -0.25) is 0 Å². The minimum absolute atomic E-state index is 0.0723. The van der Waals surface area contributed by atoms with Gasteiger partial charge >= 0.3 is 0 Å². The highest BCUT2D eigenvalue weighted by Gasteiger charge is 2.11. The Morgan fingerprint density at radius 3 is 2.48 bits per heavy atom. The van der Waals surface area contributed by atoms with Crippen LogP contribution in [-0.2, 0) is 16.0 Å². The molecular formula is C16H26BrNO3. The van der Waals surface area contributed by atoms with E-state index < -0.39 is 0 Å². The number of hydrogen-bond donors (Lipinski definition) is 1. The first kappa shape index (κ1) is 18.4. The lowest BCUT2D eigenvalue weighted by Gasteiger charge is -2.22. The van der Waals surface area contributed by atoms with Gasteiger partial charge in [-0.25, -0.2) is 0 Å².